The Kier molecular flexibility index (Phi) is 6.98. The molecule has 0 unspecified atom stereocenters. The molecule has 0 aliphatic carbocycles. The van der Waals surface area contributed by atoms with Crippen molar-refractivity contribution < 1.29 is 14.4 Å². The Hall–Kier alpha value is -3.36. The van der Waals surface area contributed by atoms with Crippen molar-refractivity contribution in [3.05, 3.63) is 82.0 Å². The van der Waals surface area contributed by atoms with Crippen molar-refractivity contribution in [1.82, 2.24) is 25.3 Å². The molecule has 188 valence electrons. The lowest BCUT2D eigenvalue weighted by Gasteiger charge is -2.32. The molecular formula is C27H30ClN5O3. The molecule has 3 aliphatic heterocycles. The molecular weight excluding hydrogens is 478 g/mol. The van der Waals surface area contributed by atoms with Gasteiger partial charge in [0.15, 0.2) is 0 Å². The number of halogens is 1. The number of likely N-dealkylation sites (tertiary alicyclic amines) is 1. The Morgan fingerprint density at radius 1 is 1.06 bits per heavy atom. The molecule has 0 saturated carbocycles. The van der Waals surface area contributed by atoms with Gasteiger partial charge in [0.2, 0.25) is 5.91 Å². The van der Waals surface area contributed by atoms with Gasteiger partial charge in [-0.2, -0.15) is 0 Å². The minimum absolute atomic E-state index is 0.0483. The molecule has 3 aliphatic rings. The number of nitrogens with zero attached hydrogens (tertiary/aromatic N) is 3. The summed E-state index contributed by atoms with van der Waals surface area (Å²) in [5, 5.41) is 6.46. The number of likely N-dealkylation sites (N-methyl/N-ethyl adjacent to an activating group) is 1. The zero-order valence-corrected chi connectivity index (χ0v) is 21.0. The summed E-state index contributed by atoms with van der Waals surface area (Å²) in [6, 6.07) is 16.7. The zero-order chi connectivity index (χ0) is 25.2. The lowest BCUT2D eigenvalue weighted by atomic mass is 9.96. The van der Waals surface area contributed by atoms with Crippen LogP contribution in [0.3, 0.4) is 0 Å². The third-order valence-electron chi connectivity index (χ3n) is 7.19. The van der Waals surface area contributed by atoms with E-state index in [1.165, 1.54) is 15.4 Å². The average Bonchev–Trinajstić information content (AvgIpc) is 3.20. The first-order chi connectivity index (χ1) is 17.4. The van der Waals surface area contributed by atoms with Gasteiger partial charge < -0.3 is 15.5 Å². The minimum Gasteiger partial charge on any atom is -0.352 e. The highest BCUT2D eigenvalue weighted by Crippen LogP contribution is 2.37. The van der Waals surface area contributed by atoms with Crippen LogP contribution < -0.4 is 10.6 Å². The van der Waals surface area contributed by atoms with Gasteiger partial charge in [0.05, 0.1) is 23.9 Å². The number of hydrogen-bond donors (Lipinski definition) is 2. The fraction of sp³-hybridized carbons (Fsp3) is 0.370. The largest absolute Gasteiger partial charge is 0.352 e. The van der Waals surface area contributed by atoms with Gasteiger partial charge in [-0.15, -0.1) is 0 Å². The molecule has 8 nitrogen and oxygen atoms in total. The molecule has 1 fully saturated rings. The van der Waals surface area contributed by atoms with Crippen LogP contribution in [-0.2, 0) is 16.1 Å². The SMILES string of the molecule is CN1C(=O)N[C@@H](c2ccccc2Cl)C2=C1CN(CC(=O)NC1CCN(Cc3ccccc3)CC1)C2=O. The van der Waals surface area contributed by atoms with E-state index in [1.807, 2.05) is 12.1 Å². The standard InChI is InChI=1S/C27H30ClN5O3/c1-31-22-16-33(26(35)24(22)25(30-27(31)36)20-9-5-6-10-21(20)28)17-23(34)29-19-11-13-32(14-12-19)15-18-7-3-2-4-8-18/h2-10,19,25H,11-17H2,1H3,(H,29,34)(H,30,36)/t25-/m0/s1. The third-order valence-corrected chi connectivity index (χ3v) is 7.53. The maximum absolute atomic E-state index is 13.4. The van der Waals surface area contributed by atoms with Crippen molar-refractivity contribution in [2.45, 2.75) is 31.5 Å². The zero-order valence-electron chi connectivity index (χ0n) is 20.2. The molecule has 2 aromatic carbocycles. The molecule has 9 heteroatoms. The summed E-state index contributed by atoms with van der Waals surface area (Å²) >= 11 is 6.38. The molecule has 1 saturated heterocycles. The Morgan fingerprint density at radius 3 is 2.47 bits per heavy atom. The lowest BCUT2D eigenvalue weighted by Crippen LogP contribution is -2.47. The summed E-state index contributed by atoms with van der Waals surface area (Å²) in [7, 11) is 1.63. The van der Waals surface area contributed by atoms with E-state index in [0.717, 1.165) is 32.5 Å². The Morgan fingerprint density at radius 2 is 1.75 bits per heavy atom. The van der Waals surface area contributed by atoms with Crippen LogP contribution in [0, 0.1) is 0 Å². The fourth-order valence-corrected chi connectivity index (χ4v) is 5.46. The molecule has 2 aromatic rings. The second kappa shape index (κ2) is 10.3. The van der Waals surface area contributed by atoms with Crippen molar-refractivity contribution in [2.24, 2.45) is 0 Å². The van der Waals surface area contributed by atoms with Crippen LogP contribution in [0.1, 0.15) is 30.0 Å². The van der Waals surface area contributed by atoms with Crippen molar-refractivity contribution >= 4 is 29.4 Å². The van der Waals surface area contributed by atoms with Crippen LogP contribution in [0.5, 0.6) is 0 Å². The van der Waals surface area contributed by atoms with Gasteiger partial charge in [-0.05, 0) is 30.0 Å². The van der Waals surface area contributed by atoms with Gasteiger partial charge in [-0.25, -0.2) is 4.79 Å². The van der Waals surface area contributed by atoms with Crippen molar-refractivity contribution in [3.8, 4) is 0 Å². The number of nitrogens with one attached hydrogen (secondary N) is 2. The van der Waals surface area contributed by atoms with Crippen molar-refractivity contribution in [2.75, 3.05) is 33.2 Å². The van der Waals surface area contributed by atoms with E-state index in [1.54, 1.807) is 25.2 Å². The van der Waals surface area contributed by atoms with Crippen molar-refractivity contribution in [1.29, 1.82) is 0 Å². The van der Waals surface area contributed by atoms with Gasteiger partial charge in [0.1, 0.15) is 6.54 Å². The fourth-order valence-electron chi connectivity index (χ4n) is 5.22. The van der Waals surface area contributed by atoms with Gasteiger partial charge >= 0.3 is 6.03 Å². The molecule has 0 bridgehead atoms. The smallest absolute Gasteiger partial charge is 0.322 e. The summed E-state index contributed by atoms with van der Waals surface area (Å²) in [5.74, 6) is -0.435. The molecule has 0 radical (unpaired) electrons. The predicted molar refractivity (Wildman–Crippen MR) is 137 cm³/mol. The molecule has 0 aromatic heterocycles. The second-order valence-corrected chi connectivity index (χ2v) is 10.00. The lowest BCUT2D eigenvalue weighted by molar-refractivity contribution is -0.132. The van der Waals surface area contributed by atoms with E-state index < -0.39 is 6.04 Å². The average molecular weight is 508 g/mol. The highest BCUT2D eigenvalue weighted by Gasteiger charge is 2.43. The van der Waals surface area contributed by atoms with Gasteiger partial charge in [0.25, 0.3) is 5.91 Å². The summed E-state index contributed by atoms with van der Waals surface area (Å²) in [6.07, 6.45) is 1.74. The maximum Gasteiger partial charge on any atom is 0.322 e. The van der Waals surface area contributed by atoms with Crippen molar-refractivity contribution in [3.63, 3.8) is 0 Å². The van der Waals surface area contributed by atoms with Crippen LogP contribution in [0.15, 0.2) is 65.9 Å². The number of benzene rings is 2. The molecule has 36 heavy (non-hydrogen) atoms. The Bertz CT molecular complexity index is 1190. The molecule has 1 atom stereocenters. The predicted octanol–water partition coefficient (Wildman–Crippen LogP) is 2.91. The Balaban J connectivity index is 1.19. The Labute approximate surface area is 215 Å². The number of hydrogen-bond acceptors (Lipinski definition) is 4. The van der Waals surface area contributed by atoms with E-state index in [0.29, 0.717) is 21.9 Å². The first-order valence-electron chi connectivity index (χ1n) is 12.3. The maximum atomic E-state index is 13.4. The summed E-state index contributed by atoms with van der Waals surface area (Å²) in [6.45, 7) is 2.90. The summed E-state index contributed by atoms with van der Waals surface area (Å²) in [4.78, 5) is 44.2. The van der Waals surface area contributed by atoms with E-state index in [2.05, 4.69) is 39.8 Å². The molecule has 4 amide bonds. The first kappa shape index (κ1) is 24.3. The second-order valence-electron chi connectivity index (χ2n) is 9.59. The van der Waals surface area contributed by atoms with E-state index in [-0.39, 0.29) is 37.0 Å². The number of urea groups is 1. The topological polar surface area (TPSA) is 85.0 Å². The van der Waals surface area contributed by atoms with E-state index in [9.17, 15) is 14.4 Å². The number of amides is 4. The number of piperidine rings is 1. The number of rotatable bonds is 6. The van der Waals surface area contributed by atoms with Crippen LogP contribution in [-0.4, -0.2) is 71.8 Å². The van der Waals surface area contributed by atoms with Crippen LogP contribution in [0.25, 0.3) is 0 Å². The quantitative estimate of drug-likeness (QED) is 0.629. The number of carbonyl (C=O) groups excluding carboxylic acids is 3. The van der Waals surface area contributed by atoms with Crippen LogP contribution >= 0.6 is 11.6 Å². The monoisotopic (exact) mass is 507 g/mol. The molecule has 3 heterocycles. The van der Waals surface area contributed by atoms with Crippen LogP contribution in [0.4, 0.5) is 4.79 Å². The molecule has 2 N–H and O–H groups in total. The highest BCUT2D eigenvalue weighted by molar-refractivity contribution is 6.31. The highest BCUT2D eigenvalue weighted by atomic mass is 35.5. The minimum atomic E-state index is -0.646. The van der Waals surface area contributed by atoms with E-state index in [4.69, 9.17) is 11.6 Å². The normalized spacial score (nSPS) is 21.0. The van der Waals surface area contributed by atoms with Gasteiger partial charge in [-0.3, -0.25) is 19.4 Å². The number of carbonyl (C=O) groups is 3. The summed E-state index contributed by atoms with van der Waals surface area (Å²) in [5.41, 5.74) is 3.02. The van der Waals surface area contributed by atoms with Crippen LogP contribution in [0.2, 0.25) is 5.02 Å². The van der Waals surface area contributed by atoms with E-state index >= 15 is 0 Å². The first-order valence-corrected chi connectivity index (χ1v) is 12.6. The molecule has 5 rings (SSSR count). The third kappa shape index (κ3) is 4.96. The summed E-state index contributed by atoms with van der Waals surface area (Å²) < 4.78 is 0. The molecule has 0 spiro atoms. The van der Waals surface area contributed by atoms with Gasteiger partial charge in [0, 0.05) is 37.7 Å². The van der Waals surface area contributed by atoms with Gasteiger partial charge in [-0.1, -0.05) is 60.1 Å².